The number of nitrogens with zero attached hydrogens (tertiary/aromatic N) is 1. The molecule has 134 valence electrons. The smallest absolute Gasteiger partial charge is 0.246 e. The first-order valence-corrected chi connectivity index (χ1v) is 9.25. The molecule has 2 fully saturated rings. The minimum Gasteiger partial charge on any atom is -0.354 e. The van der Waals surface area contributed by atoms with E-state index in [1.165, 1.54) is 0 Å². The molecule has 3 rings (SSSR count). The summed E-state index contributed by atoms with van der Waals surface area (Å²) in [5.74, 6) is 0.496. The lowest BCUT2D eigenvalue weighted by molar-refractivity contribution is -0.127. The van der Waals surface area contributed by atoms with E-state index in [1.54, 1.807) is 6.08 Å². The van der Waals surface area contributed by atoms with Crippen LogP contribution in [-0.2, 0) is 9.59 Å². The van der Waals surface area contributed by atoms with Gasteiger partial charge in [0, 0.05) is 25.7 Å². The zero-order valence-electron chi connectivity index (χ0n) is 14.6. The standard InChI is InChI=1S/C20H27N3O2/c24-19(11-10-16-6-2-1-3-7-16)23-13-5-8-17(15-23)14-22-20(25)18-9-4-12-21-18/h1-3,6-7,10-11,17-18,21H,4-5,8-9,12-15H2,(H,22,25). The molecule has 2 N–H and O–H groups in total. The molecule has 5 nitrogen and oxygen atoms in total. The van der Waals surface area contributed by atoms with Gasteiger partial charge in [-0.25, -0.2) is 0 Å². The van der Waals surface area contributed by atoms with Gasteiger partial charge in [0.15, 0.2) is 0 Å². The summed E-state index contributed by atoms with van der Waals surface area (Å²) in [5.41, 5.74) is 1.03. The molecule has 0 aliphatic carbocycles. The first kappa shape index (κ1) is 17.7. The number of likely N-dealkylation sites (tertiary alicyclic amines) is 1. The predicted octanol–water partition coefficient (Wildman–Crippen LogP) is 1.81. The second-order valence-corrected chi connectivity index (χ2v) is 6.93. The van der Waals surface area contributed by atoms with Crippen molar-refractivity contribution in [1.29, 1.82) is 0 Å². The SMILES string of the molecule is O=C(NCC1CCCN(C(=O)C=Cc2ccccc2)C1)C1CCCN1. The zero-order valence-corrected chi connectivity index (χ0v) is 14.6. The highest BCUT2D eigenvalue weighted by atomic mass is 16.2. The molecule has 0 aromatic heterocycles. The van der Waals surface area contributed by atoms with E-state index in [0.717, 1.165) is 50.9 Å². The highest BCUT2D eigenvalue weighted by Gasteiger charge is 2.25. The average molecular weight is 341 g/mol. The number of amides is 2. The van der Waals surface area contributed by atoms with Gasteiger partial charge in [0.05, 0.1) is 6.04 Å². The molecular formula is C20H27N3O2. The number of nitrogens with one attached hydrogen (secondary N) is 2. The lowest BCUT2D eigenvalue weighted by Gasteiger charge is -2.32. The van der Waals surface area contributed by atoms with Gasteiger partial charge in [-0.2, -0.15) is 0 Å². The zero-order chi connectivity index (χ0) is 17.5. The molecule has 2 atom stereocenters. The Kier molecular flexibility index (Phi) is 6.23. The number of rotatable bonds is 5. The van der Waals surface area contributed by atoms with E-state index in [2.05, 4.69) is 10.6 Å². The van der Waals surface area contributed by atoms with Crippen molar-refractivity contribution in [2.45, 2.75) is 31.7 Å². The van der Waals surface area contributed by atoms with Gasteiger partial charge in [0.2, 0.25) is 11.8 Å². The van der Waals surface area contributed by atoms with Crippen LogP contribution in [0.25, 0.3) is 6.08 Å². The van der Waals surface area contributed by atoms with Gasteiger partial charge in [0.1, 0.15) is 0 Å². The van der Waals surface area contributed by atoms with Crippen molar-refractivity contribution in [1.82, 2.24) is 15.5 Å². The summed E-state index contributed by atoms with van der Waals surface area (Å²) in [6.07, 6.45) is 7.55. The molecule has 0 radical (unpaired) electrons. The molecule has 0 spiro atoms. The van der Waals surface area contributed by atoms with Gasteiger partial charge in [-0.1, -0.05) is 30.3 Å². The number of benzene rings is 1. The fourth-order valence-corrected chi connectivity index (χ4v) is 3.55. The van der Waals surface area contributed by atoms with Gasteiger partial charge in [-0.15, -0.1) is 0 Å². The monoisotopic (exact) mass is 341 g/mol. The Labute approximate surface area is 149 Å². The average Bonchev–Trinajstić information content (AvgIpc) is 3.20. The van der Waals surface area contributed by atoms with Crippen LogP contribution in [0.15, 0.2) is 36.4 Å². The summed E-state index contributed by atoms with van der Waals surface area (Å²) in [4.78, 5) is 26.4. The molecule has 25 heavy (non-hydrogen) atoms. The number of piperidine rings is 1. The fraction of sp³-hybridized carbons (Fsp3) is 0.500. The molecule has 1 aromatic rings. The summed E-state index contributed by atoms with van der Waals surface area (Å²) >= 11 is 0. The molecule has 0 saturated carbocycles. The van der Waals surface area contributed by atoms with E-state index in [-0.39, 0.29) is 17.9 Å². The Bertz CT molecular complexity index is 609. The third-order valence-electron chi connectivity index (χ3n) is 4.99. The summed E-state index contributed by atoms with van der Waals surface area (Å²) in [6.45, 7) is 3.10. The van der Waals surface area contributed by atoms with Gasteiger partial charge in [0.25, 0.3) is 0 Å². The van der Waals surface area contributed by atoms with Crippen molar-refractivity contribution in [2.75, 3.05) is 26.2 Å². The summed E-state index contributed by atoms with van der Waals surface area (Å²) in [5, 5.41) is 6.27. The van der Waals surface area contributed by atoms with Gasteiger partial charge in [-0.3, -0.25) is 9.59 Å². The molecule has 1 aromatic carbocycles. The first-order chi connectivity index (χ1) is 12.2. The van der Waals surface area contributed by atoms with E-state index in [1.807, 2.05) is 41.3 Å². The van der Waals surface area contributed by atoms with Crippen molar-refractivity contribution in [2.24, 2.45) is 5.92 Å². The van der Waals surface area contributed by atoms with Crippen LogP contribution in [-0.4, -0.2) is 48.9 Å². The van der Waals surface area contributed by atoms with Crippen LogP contribution < -0.4 is 10.6 Å². The Morgan fingerprint density at radius 2 is 2.04 bits per heavy atom. The Balaban J connectivity index is 1.46. The largest absolute Gasteiger partial charge is 0.354 e. The number of carbonyl (C=O) groups is 2. The minimum absolute atomic E-state index is 0.0323. The van der Waals surface area contributed by atoms with Crippen LogP contribution in [0.3, 0.4) is 0 Å². The molecular weight excluding hydrogens is 314 g/mol. The quantitative estimate of drug-likeness (QED) is 0.803. The van der Waals surface area contributed by atoms with E-state index in [0.29, 0.717) is 12.5 Å². The van der Waals surface area contributed by atoms with Crippen LogP contribution in [0.2, 0.25) is 0 Å². The maximum absolute atomic E-state index is 12.4. The molecule has 2 saturated heterocycles. The lowest BCUT2D eigenvalue weighted by Crippen LogP contribution is -2.46. The Hall–Kier alpha value is -2.14. The van der Waals surface area contributed by atoms with E-state index >= 15 is 0 Å². The maximum atomic E-state index is 12.4. The van der Waals surface area contributed by atoms with Crippen molar-refractivity contribution in [3.63, 3.8) is 0 Å². The van der Waals surface area contributed by atoms with Gasteiger partial charge in [-0.05, 0) is 49.8 Å². The van der Waals surface area contributed by atoms with Crippen molar-refractivity contribution in [3.05, 3.63) is 42.0 Å². The lowest BCUT2D eigenvalue weighted by atomic mass is 9.97. The minimum atomic E-state index is -0.0323. The normalized spacial score (nSPS) is 23.8. The maximum Gasteiger partial charge on any atom is 0.246 e. The Morgan fingerprint density at radius 3 is 2.80 bits per heavy atom. The van der Waals surface area contributed by atoms with Crippen LogP contribution in [0.4, 0.5) is 0 Å². The van der Waals surface area contributed by atoms with Crippen molar-refractivity contribution < 1.29 is 9.59 Å². The second-order valence-electron chi connectivity index (χ2n) is 6.93. The third-order valence-corrected chi connectivity index (χ3v) is 4.99. The number of carbonyl (C=O) groups excluding carboxylic acids is 2. The summed E-state index contributed by atoms with van der Waals surface area (Å²) in [7, 11) is 0. The molecule has 2 unspecified atom stereocenters. The molecule has 0 bridgehead atoms. The van der Waals surface area contributed by atoms with E-state index in [9.17, 15) is 9.59 Å². The molecule has 2 aliphatic heterocycles. The van der Waals surface area contributed by atoms with E-state index in [4.69, 9.17) is 0 Å². The van der Waals surface area contributed by atoms with E-state index < -0.39 is 0 Å². The highest BCUT2D eigenvalue weighted by molar-refractivity contribution is 5.91. The number of hydrogen-bond donors (Lipinski definition) is 2. The van der Waals surface area contributed by atoms with Crippen molar-refractivity contribution >= 4 is 17.9 Å². The third kappa shape index (κ3) is 5.16. The molecule has 2 amide bonds. The van der Waals surface area contributed by atoms with Crippen LogP contribution in [0, 0.1) is 5.92 Å². The molecule has 2 heterocycles. The Morgan fingerprint density at radius 1 is 1.20 bits per heavy atom. The fourth-order valence-electron chi connectivity index (χ4n) is 3.55. The van der Waals surface area contributed by atoms with Crippen LogP contribution >= 0.6 is 0 Å². The topological polar surface area (TPSA) is 61.4 Å². The number of hydrogen-bond acceptors (Lipinski definition) is 3. The summed E-state index contributed by atoms with van der Waals surface area (Å²) < 4.78 is 0. The van der Waals surface area contributed by atoms with Gasteiger partial charge < -0.3 is 15.5 Å². The van der Waals surface area contributed by atoms with Crippen LogP contribution in [0.1, 0.15) is 31.2 Å². The first-order valence-electron chi connectivity index (χ1n) is 9.25. The van der Waals surface area contributed by atoms with Crippen LogP contribution in [0.5, 0.6) is 0 Å². The summed E-state index contributed by atoms with van der Waals surface area (Å²) in [6, 6.07) is 9.82. The van der Waals surface area contributed by atoms with Gasteiger partial charge >= 0.3 is 0 Å². The molecule has 2 aliphatic rings. The van der Waals surface area contributed by atoms with Crippen molar-refractivity contribution in [3.8, 4) is 0 Å². The molecule has 5 heteroatoms. The predicted molar refractivity (Wildman–Crippen MR) is 98.8 cm³/mol. The highest BCUT2D eigenvalue weighted by Crippen LogP contribution is 2.17. The second kappa shape index (κ2) is 8.81.